The first kappa shape index (κ1) is 14.8. The fourth-order valence-corrected chi connectivity index (χ4v) is 3.08. The van der Waals surface area contributed by atoms with Gasteiger partial charge in [-0.2, -0.15) is 4.39 Å². The van der Waals surface area contributed by atoms with Gasteiger partial charge in [-0.25, -0.2) is 13.1 Å². The number of nitrogens with two attached hydrogens (primary N) is 1. The van der Waals surface area contributed by atoms with Crippen molar-refractivity contribution in [3.8, 4) is 0 Å². The topological polar surface area (TPSA) is 115 Å². The first-order valence-electron chi connectivity index (χ1n) is 5.96. The Morgan fingerprint density at radius 2 is 2.10 bits per heavy atom. The van der Waals surface area contributed by atoms with Crippen molar-refractivity contribution in [2.75, 3.05) is 6.54 Å². The number of nitro benzene ring substituents is 1. The van der Waals surface area contributed by atoms with Gasteiger partial charge in [-0.3, -0.25) is 10.1 Å². The lowest BCUT2D eigenvalue weighted by atomic mass is 9.78. The molecular formula is C11H14FN3O4S. The highest BCUT2D eigenvalue weighted by Gasteiger charge is 2.34. The average Bonchev–Trinajstić information content (AvgIpc) is 2.33. The van der Waals surface area contributed by atoms with E-state index in [4.69, 9.17) is 5.73 Å². The van der Waals surface area contributed by atoms with E-state index in [0.29, 0.717) is 6.07 Å². The van der Waals surface area contributed by atoms with Crippen molar-refractivity contribution in [2.24, 2.45) is 5.73 Å². The van der Waals surface area contributed by atoms with Gasteiger partial charge in [-0.15, -0.1) is 0 Å². The van der Waals surface area contributed by atoms with Gasteiger partial charge in [0.1, 0.15) is 0 Å². The Balaban J connectivity index is 2.17. The quantitative estimate of drug-likeness (QED) is 0.619. The minimum absolute atomic E-state index is 0.0634. The van der Waals surface area contributed by atoms with Gasteiger partial charge >= 0.3 is 5.69 Å². The van der Waals surface area contributed by atoms with Crippen LogP contribution in [0.3, 0.4) is 0 Å². The van der Waals surface area contributed by atoms with E-state index in [2.05, 4.69) is 4.72 Å². The molecule has 2 rings (SSSR count). The number of sulfonamides is 1. The molecule has 0 aliphatic heterocycles. The van der Waals surface area contributed by atoms with Crippen molar-refractivity contribution in [2.45, 2.75) is 29.7 Å². The lowest BCUT2D eigenvalue weighted by Crippen LogP contribution is -2.54. The lowest BCUT2D eigenvalue weighted by molar-refractivity contribution is -0.387. The van der Waals surface area contributed by atoms with Crippen LogP contribution in [0.2, 0.25) is 0 Å². The van der Waals surface area contributed by atoms with Gasteiger partial charge in [0.2, 0.25) is 15.8 Å². The molecule has 0 radical (unpaired) electrons. The van der Waals surface area contributed by atoms with Gasteiger partial charge in [-0.1, -0.05) is 0 Å². The first-order valence-corrected chi connectivity index (χ1v) is 7.44. The molecule has 1 fully saturated rings. The van der Waals surface area contributed by atoms with Crippen LogP contribution in [-0.2, 0) is 10.0 Å². The Labute approximate surface area is 115 Å². The number of nitrogens with zero attached hydrogens (tertiary/aromatic N) is 1. The van der Waals surface area contributed by atoms with Gasteiger partial charge < -0.3 is 5.73 Å². The molecule has 0 bridgehead atoms. The first-order chi connectivity index (χ1) is 9.23. The van der Waals surface area contributed by atoms with E-state index < -0.39 is 32.0 Å². The van der Waals surface area contributed by atoms with Crippen LogP contribution in [0.1, 0.15) is 19.3 Å². The zero-order valence-electron chi connectivity index (χ0n) is 10.5. The highest BCUT2D eigenvalue weighted by Crippen LogP contribution is 2.28. The summed E-state index contributed by atoms with van der Waals surface area (Å²) in [5.74, 6) is -1.19. The molecule has 0 spiro atoms. The van der Waals surface area contributed by atoms with E-state index in [1.165, 1.54) is 0 Å². The molecule has 1 aromatic rings. The smallest absolute Gasteiger partial charge is 0.304 e. The highest BCUT2D eigenvalue weighted by atomic mass is 32.2. The van der Waals surface area contributed by atoms with Gasteiger partial charge in [0, 0.05) is 24.2 Å². The van der Waals surface area contributed by atoms with E-state index in [9.17, 15) is 22.9 Å². The SMILES string of the molecule is NC1(CNS(=O)(=O)c2ccc([N+](=O)[O-])c(F)c2)CCC1. The summed E-state index contributed by atoms with van der Waals surface area (Å²) in [6.45, 7) is 0.0634. The van der Waals surface area contributed by atoms with Crippen molar-refractivity contribution in [3.63, 3.8) is 0 Å². The molecule has 0 aromatic heterocycles. The molecule has 0 unspecified atom stereocenters. The Hall–Kier alpha value is -1.58. The summed E-state index contributed by atoms with van der Waals surface area (Å²) in [5.41, 5.74) is 4.58. The molecule has 110 valence electrons. The number of rotatable bonds is 5. The molecule has 1 aromatic carbocycles. The second-order valence-electron chi connectivity index (χ2n) is 4.91. The minimum atomic E-state index is -3.93. The average molecular weight is 303 g/mol. The lowest BCUT2D eigenvalue weighted by Gasteiger charge is -2.37. The molecule has 20 heavy (non-hydrogen) atoms. The Bertz CT molecular complexity index is 643. The summed E-state index contributed by atoms with van der Waals surface area (Å²) in [5, 5.41) is 10.5. The molecule has 1 aliphatic carbocycles. The predicted molar refractivity (Wildman–Crippen MR) is 69.0 cm³/mol. The van der Waals surface area contributed by atoms with Crippen LogP contribution < -0.4 is 10.5 Å². The van der Waals surface area contributed by atoms with Crippen molar-refractivity contribution in [3.05, 3.63) is 34.1 Å². The van der Waals surface area contributed by atoms with Gasteiger partial charge in [0.05, 0.1) is 9.82 Å². The summed E-state index contributed by atoms with van der Waals surface area (Å²) in [6.07, 6.45) is 2.40. The number of nitrogens with one attached hydrogen (secondary N) is 1. The van der Waals surface area contributed by atoms with Crippen molar-refractivity contribution in [1.29, 1.82) is 0 Å². The molecule has 0 saturated heterocycles. The standard InChI is InChI=1S/C11H14FN3O4S/c12-9-6-8(2-3-10(9)15(16)17)20(18,19)14-7-11(13)4-1-5-11/h2-3,6,14H,1,4-5,7,13H2. The van der Waals surface area contributed by atoms with Crippen LogP contribution in [-0.4, -0.2) is 25.4 Å². The Kier molecular flexibility index (Phi) is 3.76. The number of benzene rings is 1. The fraction of sp³-hybridized carbons (Fsp3) is 0.455. The van der Waals surface area contributed by atoms with E-state index in [0.717, 1.165) is 31.4 Å². The minimum Gasteiger partial charge on any atom is -0.324 e. The van der Waals surface area contributed by atoms with Gasteiger partial charge in [0.25, 0.3) is 0 Å². The molecule has 9 heteroatoms. The zero-order valence-corrected chi connectivity index (χ0v) is 11.3. The monoisotopic (exact) mass is 303 g/mol. The van der Waals surface area contributed by atoms with Gasteiger partial charge in [-0.05, 0) is 25.3 Å². The Morgan fingerprint density at radius 1 is 1.45 bits per heavy atom. The third-order valence-electron chi connectivity index (χ3n) is 3.39. The molecule has 3 N–H and O–H groups in total. The molecule has 0 amide bonds. The summed E-state index contributed by atoms with van der Waals surface area (Å²) in [6, 6.07) is 2.45. The third kappa shape index (κ3) is 2.94. The van der Waals surface area contributed by atoms with Crippen LogP contribution in [0.5, 0.6) is 0 Å². The zero-order chi connectivity index (χ0) is 15.0. The predicted octanol–water partition coefficient (Wildman–Crippen LogP) is 0.894. The molecule has 0 heterocycles. The number of nitro groups is 1. The van der Waals surface area contributed by atoms with Crippen molar-refractivity contribution >= 4 is 15.7 Å². The largest absolute Gasteiger partial charge is 0.324 e. The van der Waals surface area contributed by atoms with Crippen LogP contribution in [0.4, 0.5) is 10.1 Å². The van der Waals surface area contributed by atoms with E-state index >= 15 is 0 Å². The molecule has 1 saturated carbocycles. The normalized spacial score (nSPS) is 17.5. The van der Waals surface area contributed by atoms with Crippen LogP contribution in [0, 0.1) is 15.9 Å². The maximum absolute atomic E-state index is 13.4. The van der Waals surface area contributed by atoms with Crippen LogP contribution in [0.25, 0.3) is 0 Å². The van der Waals surface area contributed by atoms with Crippen LogP contribution in [0.15, 0.2) is 23.1 Å². The third-order valence-corrected chi connectivity index (χ3v) is 4.79. The van der Waals surface area contributed by atoms with Crippen molar-refractivity contribution in [1.82, 2.24) is 4.72 Å². The molecule has 0 atom stereocenters. The maximum Gasteiger partial charge on any atom is 0.304 e. The van der Waals surface area contributed by atoms with E-state index in [1.54, 1.807) is 0 Å². The summed E-state index contributed by atoms with van der Waals surface area (Å²) >= 11 is 0. The van der Waals surface area contributed by atoms with E-state index in [-0.39, 0.29) is 11.4 Å². The molecular weight excluding hydrogens is 289 g/mol. The van der Waals surface area contributed by atoms with Gasteiger partial charge in [0.15, 0.2) is 0 Å². The van der Waals surface area contributed by atoms with Crippen molar-refractivity contribution < 1.29 is 17.7 Å². The Morgan fingerprint density at radius 3 is 2.55 bits per heavy atom. The van der Waals surface area contributed by atoms with Crippen LogP contribution >= 0.6 is 0 Å². The second kappa shape index (κ2) is 5.08. The molecule has 7 nitrogen and oxygen atoms in total. The number of hydrogen-bond donors (Lipinski definition) is 2. The summed E-state index contributed by atoms with van der Waals surface area (Å²) < 4.78 is 39.6. The maximum atomic E-state index is 13.4. The number of hydrogen-bond acceptors (Lipinski definition) is 5. The fourth-order valence-electron chi connectivity index (χ4n) is 1.93. The van der Waals surface area contributed by atoms with E-state index in [1.807, 2.05) is 0 Å². The second-order valence-corrected chi connectivity index (χ2v) is 6.68. The number of halogens is 1. The highest BCUT2D eigenvalue weighted by molar-refractivity contribution is 7.89. The molecule has 1 aliphatic rings. The summed E-state index contributed by atoms with van der Waals surface area (Å²) in [4.78, 5) is 9.20. The summed E-state index contributed by atoms with van der Waals surface area (Å²) in [7, 11) is -3.93.